The van der Waals surface area contributed by atoms with E-state index < -0.39 is 29.6 Å². The molecular weight excluding hydrogens is 416 g/mol. The lowest BCUT2D eigenvalue weighted by molar-refractivity contribution is -0.153. The number of aryl methyl sites for hydroxylation is 2. The van der Waals surface area contributed by atoms with Crippen molar-refractivity contribution in [3.63, 3.8) is 0 Å². The number of amides is 1. The molecule has 1 aliphatic heterocycles. The van der Waals surface area contributed by atoms with Gasteiger partial charge in [-0.1, -0.05) is 15.9 Å². The van der Waals surface area contributed by atoms with Crippen LogP contribution in [0.25, 0.3) is 10.9 Å². The van der Waals surface area contributed by atoms with Crippen molar-refractivity contribution in [2.24, 2.45) is 0 Å². The number of halogens is 1. The summed E-state index contributed by atoms with van der Waals surface area (Å²) in [4.78, 5) is 37.2. The molecule has 0 saturated carbocycles. The summed E-state index contributed by atoms with van der Waals surface area (Å²) in [5, 5.41) is 13.4. The number of rotatable bonds is 3. The van der Waals surface area contributed by atoms with Crippen molar-refractivity contribution in [1.29, 1.82) is 0 Å². The van der Waals surface area contributed by atoms with Gasteiger partial charge >= 0.3 is 5.97 Å². The SMILES string of the molecule is CC(C)(C)OC(=O)CNC(=O)c1c(O)c2cc(Br)cc3c2n(c1=O)CCC3. The highest BCUT2D eigenvalue weighted by molar-refractivity contribution is 9.10. The Hall–Kier alpha value is -2.35. The van der Waals surface area contributed by atoms with Gasteiger partial charge in [0, 0.05) is 16.4 Å². The Balaban J connectivity index is 1.99. The van der Waals surface area contributed by atoms with Crippen molar-refractivity contribution >= 4 is 38.7 Å². The number of pyridine rings is 1. The molecule has 0 unspecified atom stereocenters. The van der Waals surface area contributed by atoms with Crippen LogP contribution in [0.3, 0.4) is 0 Å². The van der Waals surface area contributed by atoms with Gasteiger partial charge in [0.2, 0.25) is 0 Å². The third kappa shape index (κ3) is 3.85. The molecule has 3 rings (SSSR count). The van der Waals surface area contributed by atoms with Gasteiger partial charge in [-0.3, -0.25) is 14.4 Å². The molecule has 0 saturated heterocycles. The second kappa shape index (κ2) is 6.99. The quantitative estimate of drug-likeness (QED) is 0.720. The molecule has 8 heteroatoms. The fourth-order valence-corrected chi connectivity index (χ4v) is 3.79. The first kappa shape index (κ1) is 19.4. The summed E-state index contributed by atoms with van der Waals surface area (Å²) in [5.74, 6) is -1.80. The summed E-state index contributed by atoms with van der Waals surface area (Å²) in [6.45, 7) is 5.23. The summed E-state index contributed by atoms with van der Waals surface area (Å²) in [6.07, 6.45) is 1.56. The zero-order chi connectivity index (χ0) is 19.9. The molecule has 2 aromatic rings. The van der Waals surface area contributed by atoms with Crippen molar-refractivity contribution in [2.45, 2.75) is 45.8 Å². The van der Waals surface area contributed by atoms with Crippen LogP contribution in [0.5, 0.6) is 5.75 Å². The van der Waals surface area contributed by atoms with Crippen LogP contribution < -0.4 is 10.9 Å². The van der Waals surface area contributed by atoms with Crippen LogP contribution in [-0.4, -0.2) is 33.7 Å². The molecule has 27 heavy (non-hydrogen) atoms. The molecule has 0 spiro atoms. The lowest BCUT2D eigenvalue weighted by Gasteiger charge is -2.22. The monoisotopic (exact) mass is 436 g/mol. The molecule has 0 radical (unpaired) electrons. The number of ether oxygens (including phenoxy) is 1. The summed E-state index contributed by atoms with van der Waals surface area (Å²) in [5.41, 5.74) is -0.0180. The average Bonchev–Trinajstić information content (AvgIpc) is 2.56. The largest absolute Gasteiger partial charge is 0.506 e. The predicted octanol–water partition coefficient (Wildman–Crippen LogP) is 2.49. The normalized spacial score (nSPS) is 13.5. The summed E-state index contributed by atoms with van der Waals surface area (Å²) < 4.78 is 7.41. The van der Waals surface area contributed by atoms with Crippen LogP contribution in [0, 0.1) is 0 Å². The van der Waals surface area contributed by atoms with E-state index in [-0.39, 0.29) is 11.3 Å². The third-order valence-corrected chi connectivity index (χ3v) is 4.70. The highest BCUT2D eigenvalue weighted by Gasteiger charge is 2.26. The lowest BCUT2D eigenvalue weighted by atomic mass is 9.99. The number of hydrogen-bond acceptors (Lipinski definition) is 5. The Kier molecular flexibility index (Phi) is 5.03. The van der Waals surface area contributed by atoms with E-state index in [2.05, 4.69) is 21.2 Å². The Morgan fingerprint density at radius 2 is 2.04 bits per heavy atom. The molecule has 0 fully saturated rings. The van der Waals surface area contributed by atoms with Crippen LogP contribution in [0.4, 0.5) is 0 Å². The fourth-order valence-electron chi connectivity index (χ4n) is 3.28. The van der Waals surface area contributed by atoms with E-state index in [1.54, 1.807) is 26.8 Å². The first-order chi connectivity index (χ1) is 12.6. The maximum absolute atomic E-state index is 12.8. The van der Waals surface area contributed by atoms with Gasteiger partial charge in [0.15, 0.2) is 0 Å². The number of nitrogens with zero attached hydrogens (tertiary/aromatic N) is 1. The van der Waals surface area contributed by atoms with Crippen molar-refractivity contribution in [3.8, 4) is 5.75 Å². The average molecular weight is 437 g/mol. The fraction of sp³-hybridized carbons (Fsp3) is 0.421. The minimum Gasteiger partial charge on any atom is -0.506 e. The van der Waals surface area contributed by atoms with Crippen molar-refractivity contribution < 1.29 is 19.4 Å². The molecule has 144 valence electrons. The zero-order valence-corrected chi connectivity index (χ0v) is 17.0. The van der Waals surface area contributed by atoms with E-state index in [0.717, 1.165) is 22.9 Å². The van der Waals surface area contributed by atoms with Crippen LogP contribution in [-0.2, 0) is 22.5 Å². The summed E-state index contributed by atoms with van der Waals surface area (Å²) in [6, 6.07) is 3.60. The van der Waals surface area contributed by atoms with Gasteiger partial charge in [-0.05, 0) is 51.3 Å². The molecule has 1 aliphatic rings. The predicted molar refractivity (Wildman–Crippen MR) is 104 cm³/mol. The smallest absolute Gasteiger partial charge is 0.325 e. The van der Waals surface area contributed by atoms with Gasteiger partial charge in [0.25, 0.3) is 11.5 Å². The van der Waals surface area contributed by atoms with Crippen LogP contribution in [0.2, 0.25) is 0 Å². The van der Waals surface area contributed by atoms with Gasteiger partial charge in [-0.2, -0.15) is 0 Å². The molecular formula is C19H21BrN2O5. The van der Waals surface area contributed by atoms with Crippen molar-refractivity contribution in [3.05, 3.63) is 38.1 Å². The minimum atomic E-state index is -0.805. The molecule has 1 amide bonds. The molecule has 2 N–H and O–H groups in total. The first-order valence-corrected chi connectivity index (χ1v) is 9.46. The number of benzene rings is 1. The topological polar surface area (TPSA) is 97.6 Å². The number of carbonyl (C=O) groups excluding carboxylic acids is 2. The second-order valence-electron chi connectivity index (χ2n) is 7.51. The van der Waals surface area contributed by atoms with Gasteiger partial charge in [-0.25, -0.2) is 0 Å². The second-order valence-corrected chi connectivity index (χ2v) is 8.43. The van der Waals surface area contributed by atoms with Crippen LogP contribution in [0.1, 0.15) is 43.1 Å². The number of nitrogens with one attached hydrogen (secondary N) is 1. The highest BCUT2D eigenvalue weighted by Crippen LogP contribution is 2.34. The zero-order valence-electron chi connectivity index (χ0n) is 15.4. The van der Waals surface area contributed by atoms with E-state index >= 15 is 0 Å². The molecule has 0 bridgehead atoms. The first-order valence-electron chi connectivity index (χ1n) is 8.66. The highest BCUT2D eigenvalue weighted by atomic mass is 79.9. The van der Waals surface area contributed by atoms with E-state index in [4.69, 9.17) is 4.74 Å². The van der Waals surface area contributed by atoms with E-state index in [0.29, 0.717) is 17.4 Å². The number of hydrogen-bond donors (Lipinski definition) is 2. The standard InChI is InChI=1S/C19H21BrN2O5/c1-19(2,3)27-13(23)9-21-17(25)14-16(24)12-8-11(20)7-10-5-4-6-22(15(10)12)18(14)26/h7-8,24H,4-6,9H2,1-3H3,(H,21,25). The van der Waals surface area contributed by atoms with E-state index in [9.17, 15) is 19.5 Å². The molecule has 1 aromatic carbocycles. The molecule has 0 aliphatic carbocycles. The van der Waals surface area contributed by atoms with Gasteiger partial charge in [0.05, 0.1) is 5.52 Å². The Morgan fingerprint density at radius 3 is 2.70 bits per heavy atom. The Morgan fingerprint density at radius 1 is 1.33 bits per heavy atom. The van der Waals surface area contributed by atoms with E-state index in [1.807, 2.05) is 6.07 Å². The van der Waals surface area contributed by atoms with Crippen LogP contribution >= 0.6 is 15.9 Å². The van der Waals surface area contributed by atoms with Crippen molar-refractivity contribution in [1.82, 2.24) is 9.88 Å². The molecule has 7 nitrogen and oxygen atoms in total. The minimum absolute atomic E-state index is 0.364. The third-order valence-electron chi connectivity index (χ3n) is 4.24. The van der Waals surface area contributed by atoms with Crippen molar-refractivity contribution in [2.75, 3.05) is 6.54 Å². The number of aromatic hydroxyl groups is 1. The van der Waals surface area contributed by atoms with Gasteiger partial charge < -0.3 is 19.7 Å². The summed E-state index contributed by atoms with van der Waals surface area (Å²) in [7, 11) is 0. The lowest BCUT2D eigenvalue weighted by Crippen LogP contribution is -2.38. The molecule has 2 heterocycles. The number of aromatic nitrogens is 1. The number of esters is 1. The Labute approximate surface area is 164 Å². The van der Waals surface area contributed by atoms with Gasteiger partial charge in [0.1, 0.15) is 23.5 Å². The maximum atomic E-state index is 12.8. The molecule has 0 atom stereocenters. The number of carbonyl (C=O) groups is 2. The maximum Gasteiger partial charge on any atom is 0.325 e. The Bertz CT molecular complexity index is 1000. The van der Waals surface area contributed by atoms with E-state index in [1.165, 1.54) is 4.57 Å². The molecule has 1 aromatic heterocycles. The summed E-state index contributed by atoms with van der Waals surface area (Å²) >= 11 is 3.40. The van der Waals surface area contributed by atoms with Gasteiger partial charge in [-0.15, -0.1) is 0 Å². The van der Waals surface area contributed by atoms with Crippen LogP contribution in [0.15, 0.2) is 21.4 Å².